The minimum absolute atomic E-state index is 0.0914. The largest absolute Gasteiger partial charge is 0.444 e. The van der Waals surface area contributed by atoms with Gasteiger partial charge in [-0.15, -0.1) is 0 Å². The molecule has 0 spiro atoms. The van der Waals surface area contributed by atoms with E-state index in [1.54, 1.807) is 0 Å². The Bertz CT molecular complexity index is 815. The maximum Gasteiger partial charge on any atom is 0.410 e. The highest BCUT2D eigenvalue weighted by atomic mass is 127. The third-order valence-electron chi connectivity index (χ3n) is 4.38. The zero-order valence-electron chi connectivity index (χ0n) is 14.8. The smallest absolute Gasteiger partial charge is 0.410 e. The molecular formula is C17H22ClIN4O2. The number of rotatable bonds is 2. The van der Waals surface area contributed by atoms with Crippen molar-refractivity contribution in [2.24, 2.45) is 0 Å². The van der Waals surface area contributed by atoms with E-state index in [1.165, 1.54) is 6.33 Å². The van der Waals surface area contributed by atoms with E-state index < -0.39 is 5.60 Å². The fourth-order valence-electron chi connectivity index (χ4n) is 3.23. The second-order valence-electron chi connectivity index (χ2n) is 7.34. The van der Waals surface area contributed by atoms with Crippen molar-refractivity contribution in [2.45, 2.75) is 58.7 Å². The molecule has 2 aromatic rings. The van der Waals surface area contributed by atoms with E-state index >= 15 is 0 Å². The molecule has 0 saturated carbocycles. The fourth-order valence-corrected chi connectivity index (χ4v) is 4.40. The van der Waals surface area contributed by atoms with Crippen molar-refractivity contribution in [3.05, 3.63) is 20.7 Å². The predicted molar refractivity (Wildman–Crippen MR) is 106 cm³/mol. The average Bonchev–Trinajstić information content (AvgIpc) is 3.06. The molecule has 3 heterocycles. The minimum Gasteiger partial charge on any atom is -0.444 e. The van der Waals surface area contributed by atoms with E-state index in [9.17, 15) is 4.79 Å². The molecule has 0 bridgehead atoms. The number of carbonyl (C=O) groups is 1. The standard InChI is InChI=1S/C17H22ClIN4O2/c1-10-13(19)12-14(18)20-9-21-15(12)23(10)8-11-6-5-7-22(11)16(24)25-17(2,3)4/h9,11H,5-8H2,1-4H3. The number of halogens is 2. The normalized spacial score (nSPS) is 18.2. The number of hydrogen-bond donors (Lipinski definition) is 0. The van der Waals surface area contributed by atoms with Crippen LogP contribution in [0.25, 0.3) is 11.0 Å². The van der Waals surface area contributed by atoms with Gasteiger partial charge in [0.2, 0.25) is 0 Å². The van der Waals surface area contributed by atoms with Crippen LogP contribution in [0.15, 0.2) is 6.33 Å². The molecule has 1 fully saturated rings. The predicted octanol–water partition coefficient (Wildman–Crippen LogP) is 4.40. The highest BCUT2D eigenvalue weighted by molar-refractivity contribution is 14.1. The Morgan fingerprint density at radius 3 is 2.84 bits per heavy atom. The van der Waals surface area contributed by atoms with Crippen molar-refractivity contribution in [1.29, 1.82) is 0 Å². The third kappa shape index (κ3) is 3.72. The van der Waals surface area contributed by atoms with Gasteiger partial charge in [0.05, 0.1) is 11.4 Å². The highest BCUT2D eigenvalue weighted by Gasteiger charge is 2.33. The summed E-state index contributed by atoms with van der Waals surface area (Å²) in [6.07, 6.45) is 3.17. The molecule has 2 aromatic heterocycles. The van der Waals surface area contributed by atoms with Crippen LogP contribution in [0, 0.1) is 10.5 Å². The van der Waals surface area contributed by atoms with Crippen molar-refractivity contribution in [3.8, 4) is 0 Å². The topological polar surface area (TPSA) is 60.2 Å². The molecule has 0 radical (unpaired) electrons. The van der Waals surface area contributed by atoms with Crippen molar-refractivity contribution in [3.63, 3.8) is 0 Å². The Morgan fingerprint density at radius 1 is 1.44 bits per heavy atom. The summed E-state index contributed by atoms with van der Waals surface area (Å²) in [5.74, 6) is 0. The molecule has 6 nitrogen and oxygen atoms in total. The number of aromatic nitrogens is 3. The number of carbonyl (C=O) groups excluding carboxylic acids is 1. The van der Waals surface area contributed by atoms with Gasteiger partial charge in [0.25, 0.3) is 0 Å². The molecule has 0 aliphatic carbocycles. The number of ether oxygens (including phenoxy) is 1. The van der Waals surface area contributed by atoms with Gasteiger partial charge in [-0.1, -0.05) is 11.6 Å². The van der Waals surface area contributed by atoms with E-state index in [2.05, 4.69) is 37.1 Å². The van der Waals surface area contributed by atoms with Crippen molar-refractivity contribution < 1.29 is 9.53 Å². The van der Waals surface area contributed by atoms with Gasteiger partial charge >= 0.3 is 6.09 Å². The van der Waals surface area contributed by atoms with Crippen LogP contribution in [0.3, 0.4) is 0 Å². The summed E-state index contributed by atoms with van der Waals surface area (Å²) in [7, 11) is 0. The molecule has 1 unspecified atom stereocenters. The molecule has 0 N–H and O–H groups in total. The first-order valence-corrected chi connectivity index (χ1v) is 9.79. The van der Waals surface area contributed by atoms with E-state index in [0.717, 1.165) is 39.7 Å². The van der Waals surface area contributed by atoms with E-state index in [0.29, 0.717) is 11.7 Å². The van der Waals surface area contributed by atoms with Crippen LogP contribution in [0.4, 0.5) is 4.79 Å². The van der Waals surface area contributed by atoms with Crippen LogP contribution in [0.5, 0.6) is 0 Å². The quantitative estimate of drug-likeness (QED) is 0.476. The van der Waals surface area contributed by atoms with Crippen LogP contribution in [-0.2, 0) is 11.3 Å². The van der Waals surface area contributed by atoms with Gasteiger partial charge in [0, 0.05) is 22.4 Å². The lowest BCUT2D eigenvalue weighted by molar-refractivity contribution is 0.0214. The maximum absolute atomic E-state index is 12.5. The lowest BCUT2D eigenvalue weighted by Gasteiger charge is -2.29. The summed E-state index contributed by atoms with van der Waals surface area (Å²) < 4.78 is 8.75. The number of nitrogens with zero attached hydrogens (tertiary/aromatic N) is 4. The second-order valence-corrected chi connectivity index (χ2v) is 8.78. The van der Waals surface area contributed by atoms with Crippen molar-refractivity contribution >= 4 is 51.3 Å². The fraction of sp³-hybridized carbons (Fsp3) is 0.588. The lowest BCUT2D eigenvalue weighted by atomic mass is 10.2. The van der Waals surface area contributed by atoms with Gasteiger partial charge in [0.15, 0.2) is 0 Å². The third-order valence-corrected chi connectivity index (χ3v) is 5.98. The molecule has 1 amide bonds. The monoisotopic (exact) mass is 476 g/mol. The Kier molecular flexibility index (Phi) is 5.16. The van der Waals surface area contributed by atoms with Gasteiger partial charge in [-0.25, -0.2) is 14.8 Å². The molecular weight excluding hydrogens is 455 g/mol. The van der Waals surface area contributed by atoms with Gasteiger partial charge in [-0.2, -0.15) is 0 Å². The average molecular weight is 477 g/mol. The summed E-state index contributed by atoms with van der Waals surface area (Å²) >= 11 is 8.54. The Labute approximate surface area is 166 Å². The molecule has 25 heavy (non-hydrogen) atoms. The van der Waals surface area contributed by atoms with Crippen molar-refractivity contribution in [1.82, 2.24) is 19.4 Å². The first kappa shape index (κ1) is 18.7. The van der Waals surface area contributed by atoms with Crippen LogP contribution in [0.2, 0.25) is 5.15 Å². The van der Waals surface area contributed by atoms with Gasteiger partial charge in [0.1, 0.15) is 22.7 Å². The van der Waals surface area contributed by atoms with Crippen LogP contribution >= 0.6 is 34.2 Å². The van der Waals surface area contributed by atoms with E-state index in [1.807, 2.05) is 32.6 Å². The summed E-state index contributed by atoms with van der Waals surface area (Å²) in [5, 5.41) is 1.34. The Morgan fingerprint density at radius 2 is 2.16 bits per heavy atom. The maximum atomic E-state index is 12.5. The Balaban J connectivity index is 1.89. The summed E-state index contributed by atoms with van der Waals surface area (Å²) in [4.78, 5) is 22.9. The molecule has 0 aromatic carbocycles. The van der Waals surface area contributed by atoms with Crippen LogP contribution in [-0.4, -0.2) is 43.7 Å². The van der Waals surface area contributed by atoms with Gasteiger partial charge in [-0.05, 0) is 63.1 Å². The lowest BCUT2D eigenvalue weighted by Crippen LogP contribution is -2.41. The molecule has 1 aliphatic rings. The van der Waals surface area contributed by atoms with Gasteiger partial charge in [-0.3, -0.25) is 0 Å². The highest BCUT2D eigenvalue weighted by Crippen LogP contribution is 2.32. The number of likely N-dealkylation sites (tertiary alicyclic amines) is 1. The minimum atomic E-state index is -0.490. The first-order chi connectivity index (χ1) is 11.7. The molecule has 8 heteroatoms. The van der Waals surface area contributed by atoms with Crippen LogP contribution in [0.1, 0.15) is 39.3 Å². The molecule has 1 atom stereocenters. The summed E-state index contributed by atoms with van der Waals surface area (Å²) in [6, 6.07) is 0.0914. The summed E-state index contributed by atoms with van der Waals surface area (Å²) in [5.41, 5.74) is 1.42. The SMILES string of the molecule is Cc1c(I)c2c(Cl)ncnc2n1CC1CCCN1C(=O)OC(C)(C)C. The van der Waals surface area contributed by atoms with E-state index in [-0.39, 0.29) is 12.1 Å². The second kappa shape index (κ2) is 6.90. The molecule has 136 valence electrons. The van der Waals surface area contributed by atoms with Gasteiger partial charge < -0.3 is 14.2 Å². The number of amides is 1. The number of hydrogen-bond acceptors (Lipinski definition) is 4. The summed E-state index contributed by atoms with van der Waals surface area (Å²) in [6.45, 7) is 9.12. The molecule has 3 rings (SSSR count). The zero-order chi connectivity index (χ0) is 18.4. The van der Waals surface area contributed by atoms with Crippen molar-refractivity contribution in [2.75, 3.05) is 6.54 Å². The van der Waals surface area contributed by atoms with Crippen LogP contribution < -0.4 is 0 Å². The molecule has 1 saturated heterocycles. The zero-order valence-corrected chi connectivity index (χ0v) is 17.8. The molecule has 1 aliphatic heterocycles. The van der Waals surface area contributed by atoms with E-state index in [4.69, 9.17) is 16.3 Å². The first-order valence-electron chi connectivity index (χ1n) is 8.33. The Hall–Kier alpha value is -1.09. The number of fused-ring (bicyclic) bond motifs is 1.